The summed E-state index contributed by atoms with van der Waals surface area (Å²) in [5, 5.41) is 22.4. The Morgan fingerprint density at radius 1 is 1.31 bits per heavy atom. The van der Waals surface area contributed by atoms with Crippen molar-refractivity contribution < 1.29 is 10.0 Å². The maximum atomic E-state index is 9.08. The quantitative estimate of drug-likeness (QED) is 0.670. The molecule has 0 atom stereocenters. The maximum absolute atomic E-state index is 9.08. The number of likely N-dealkylation sites (N-methyl/N-ethyl adjacent to an activating group) is 1. The van der Waals surface area contributed by atoms with Crippen molar-refractivity contribution in [2.75, 3.05) is 13.6 Å². The monoisotopic (exact) mass is 235 g/mol. The Hall–Kier alpha value is -0.875. The topological polar surface area (TPSA) is 52.5 Å². The predicted octanol–water partition coefficient (Wildman–Crippen LogP) is 0.343. The summed E-state index contributed by atoms with van der Waals surface area (Å²) in [7, 11) is 0.556. The summed E-state index contributed by atoms with van der Waals surface area (Å²) in [4.78, 5) is 1.31. The highest BCUT2D eigenvalue weighted by Crippen LogP contribution is 2.24. The smallest absolute Gasteiger partial charge is 0.423 e. The molecule has 16 heavy (non-hydrogen) atoms. The van der Waals surface area contributed by atoms with Gasteiger partial charge in [0.2, 0.25) is 0 Å². The molecule has 3 nitrogen and oxygen atoms in total. The van der Waals surface area contributed by atoms with Crippen molar-refractivity contribution in [3.05, 3.63) is 29.1 Å². The zero-order valence-corrected chi connectivity index (χ0v) is 9.92. The predicted molar refractivity (Wildman–Crippen MR) is 69.3 cm³/mol. The van der Waals surface area contributed by atoms with Crippen LogP contribution in [0.25, 0.3) is 10.1 Å². The minimum absolute atomic E-state index is 0.550. The number of benzene rings is 1. The molecule has 1 heterocycles. The molecule has 0 aliphatic carbocycles. The third-order valence-electron chi connectivity index (χ3n) is 2.51. The number of hydrogen-bond acceptors (Lipinski definition) is 4. The highest BCUT2D eigenvalue weighted by Gasteiger charge is 2.11. The first-order chi connectivity index (χ1) is 7.70. The molecule has 0 aliphatic rings. The number of rotatable bonds is 4. The molecule has 0 saturated heterocycles. The molecule has 2 aromatic rings. The lowest BCUT2D eigenvalue weighted by molar-refractivity contribution is 0.426. The van der Waals surface area contributed by atoms with Crippen molar-refractivity contribution in [1.29, 1.82) is 0 Å². The Labute approximate surface area is 98.9 Å². The van der Waals surface area contributed by atoms with Gasteiger partial charge in [0.15, 0.2) is 0 Å². The third-order valence-corrected chi connectivity index (χ3v) is 3.67. The number of nitrogens with one attached hydrogen (secondary N) is 1. The van der Waals surface area contributed by atoms with Gasteiger partial charge in [0, 0.05) is 9.58 Å². The zero-order valence-electron chi connectivity index (χ0n) is 9.10. The van der Waals surface area contributed by atoms with Crippen LogP contribution in [0.1, 0.15) is 4.88 Å². The average molecular weight is 235 g/mol. The van der Waals surface area contributed by atoms with Crippen molar-refractivity contribution in [1.82, 2.24) is 5.32 Å². The Kier molecular flexibility index (Phi) is 3.61. The molecule has 0 fully saturated rings. The second kappa shape index (κ2) is 4.97. The van der Waals surface area contributed by atoms with Crippen LogP contribution in [0.3, 0.4) is 0 Å². The minimum Gasteiger partial charge on any atom is -0.423 e. The van der Waals surface area contributed by atoms with Crippen molar-refractivity contribution in [2.24, 2.45) is 0 Å². The van der Waals surface area contributed by atoms with Crippen molar-refractivity contribution >= 4 is 34.0 Å². The van der Waals surface area contributed by atoms with Crippen LogP contribution in [-0.4, -0.2) is 30.8 Å². The fourth-order valence-electron chi connectivity index (χ4n) is 1.63. The fourth-order valence-corrected chi connectivity index (χ4v) is 2.75. The van der Waals surface area contributed by atoms with E-state index in [1.165, 1.54) is 10.3 Å². The third kappa shape index (κ3) is 2.44. The highest BCUT2D eigenvalue weighted by atomic mass is 32.1. The lowest BCUT2D eigenvalue weighted by atomic mass is 9.80. The molecule has 0 unspecified atom stereocenters. The summed E-state index contributed by atoms with van der Waals surface area (Å²) in [5.74, 6) is 0. The number of thiophene rings is 1. The summed E-state index contributed by atoms with van der Waals surface area (Å²) in [6, 6.07) is 7.68. The van der Waals surface area contributed by atoms with Crippen LogP contribution in [0.2, 0.25) is 0 Å². The molecule has 0 saturated carbocycles. The van der Waals surface area contributed by atoms with Crippen LogP contribution >= 0.6 is 11.3 Å². The molecule has 0 aliphatic heterocycles. The van der Waals surface area contributed by atoms with Crippen molar-refractivity contribution in [3.8, 4) is 0 Å². The van der Waals surface area contributed by atoms with Crippen LogP contribution < -0.4 is 10.8 Å². The molecule has 5 heteroatoms. The average Bonchev–Trinajstić information content (AvgIpc) is 2.67. The van der Waals surface area contributed by atoms with Gasteiger partial charge < -0.3 is 15.4 Å². The van der Waals surface area contributed by atoms with E-state index in [1.807, 2.05) is 19.2 Å². The van der Waals surface area contributed by atoms with Crippen molar-refractivity contribution in [2.45, 2.75) is 6.42 Å². The molecule has 0 amide bonds. The minimum atomic E-state index is -1.38. The second-order valence-corrected chi connectivity index (χ2v) is 4.91. The van der Waals surface area contributed by atoms with Gasteiger partial charge in [0.05, 0.1) is 0 Å². The summed E-state index contributed by atoms with van der Waals surface area (Å²) in [6.07, 6.45) is 1.01. The van der Waals surface area contributed by atoms with Gasteiger partial charge >= 0.3 is 7.12 Å². The van der Waals surface area contributed by atoms with Gasteiger partial charge in [-0.05, 0) is 43.0 Å². The summed E-state index contributed by atoms with van der Waals surface area (Å²) in [6.45, 7) is 0.961. The molecular formula is C11H14BNO2S. The first-order valence-corrected chi connectivity index (χ1v) is 6.05. The van der Waals surface area contributed by atoms with Crippen molar-refractivity contribution in [3.63, 3.8) is 0 Å². The van der Waals surface area contributed by atoms with Crippen LogP contribution in [0.5, 0.6) is 0 Å². The van der Waals surface area contributed by atoms with E-state index < -0.39 is 7.12 Å². The lowest BCUT2D eigenvalue weighted by Crippen LogP contribution is -2.29. The van der Waals surface area contributed by atoms with Crippen LogP contribution in [0.15, 0.2) is 24.3 Å². The Balaban J connectivity index is 2.30. The van der Waals surface area contributed by atoms with Gasteiger partial charge in [-0.2, -0.15) is 0 Å². The van der Waals surface area contributed by atoms with Crippen LogP contribution in [-0.2, 0) is 6.42 Å². The molecule has 2 rings (SSSR count). The molecule has 1 aromatic heterocycles. The molecule has 0 radical (unpaired) electrons. The summed E-state index contributed by atoms with van der Waals surface area (Å²) >= 11 is 1.71. The van der Waals surface area contributed by atoms with E-state index in [1.54, 1.807) is 17.4 Å². The Morgan fingerprint density at radius 3 is 2.81 bits per heavy atom. The molecule has 0 bridgehead atoms. The van der Waals surface area contributed by atoms with E-state index in [-0.39, 0.29) is 0 Å². The van der Waals surface area contributed by atoms with Gasteiger partial charge in [-0.1, -0.05) is 12.1 Å². The van der Waals surface area contributed by atoms with Gasteiger partial charge in [-0.3, -0.25) is 0 Å². The molecular weight excluding hydrogens is 221 g/mol. The summed E-state index contributed by atoms with van der Waals surface area (Å²) in [5.41, 5.74) is 0.550. The summed E-state index contributed by atoms with van der Waals surface area (Å²) < 4.78 is 1.11. The Bertz CT molecular complexity index is 484. The molecule has 1 aromatic carbocycles. The van der Waals surface area contributed by atoms with Gasteiger partial charge in [-0.15, -0.1) is 11.3 Å². The van der Waals surface area contributed by atoms with E-state index in [0.717, 1.165) is 17.7 Å². The highest BCUT2D eigenvalue weighted by molar-refractivity contribution is 7.19. The zero-order chi connectivity index (χ0) is 11.5. The van der Waals surface area contributed by atoms with E-state index in [4.69, 9.17) is 10.0 Å². The first-order valence-electron chi connectivity index (χ1n) is 5.24. The SMILES string of the molecule is CNCCc1cc2ccc(B(O)O)cc2s1. The molecule has 0 spiro atoms. The van der Waals surface area contributed by atoms with Gasteiger partial charge in [0.25, 0.3) is 0 Å². The number of hydrogen-bond donors (Lipinski definition) is 3. The van der Waals surface area contributed by atoms with Gasteiger partial charge in [-0.25, -0.2) is 0 Å². The fraction of sp³-hybridized carbons (Fsp3) is 0.273. The van der Waals surface area contributed by atoms with E-state index in [0.29, 0.717) is 5.46 Å². The molecule has 3 N–H and O–H groups in total. The van der Waals surface area contributed by atoms with Crippen LogP contribution in [0, 0.1) is 0 Å². The largest absolute Gasteiger partial charge is 0.488 e. The second-order valence-electron chi connectivity index (χ2n) is 3.74. The van der Waals surface area contributed by atoms with E-state index >= 15 is 0 Å². The molecule has 84 valence electrons. The van der Waals surface area contributed by atoms with E-state index in [9.17, 15) is 0 Å². The van der Waals surface area contributed by atoms with Gasteiger partial charge in [0.1, 0.15) is 0 Å². The Morgan fingerprint density at radius 2 is 2.12 bits per heavy atom. The lowest BCUT2D eigenvalue weighted by Gasteiger charge is -1.97. The van der Waals surface area contributed by atoms with Crippen LogP contribution in [0.4, 0.5) is 0 Å². The first kappa shape index (κ1) is 11.6. The maximum Gasteiger partial charge on any atom is 0.488 e. The van der Waals surface area contributed by atoms with E-state index in [2.05, 4.69) is 11.4 Å². The standard InChI is InChI=1S/C11H14BNO2S/c1-13-5-4-10-6-8-2-3-9(12(14)15)7-11(8)16-10/h2-3,6-7,13-15H,4-5H2,1H3. The number of fused-ring (bicyclic) bond motifs is 1. The normalized spacial score (nSPS) is 10.9.